The molecule has 1 N–H and O–H groups in total. The van der Waals surface area contributed by atoms with Gasteiger partial charge in [-0.1, -0.05) is 45.0 Å². The third kappa shape index (κ3) is 5.08. The summed E-state index contributed by atoms with van der Waals surface area (Å²) in [5.41, 5.74) is 5.19. The van der Waals surface area contributed by atoms with Crippen molar-refractivity contribution in [1.82, 2.24) is 5.43 Å². The fourth-order valence-corrected chi connectivity index (χ4v) is 2.24. The Bertz CT molecular complexity index is 737. The van der Waals surface area contributed by atoms with Crippen molar-refractivity contribution in [2.24, 2.45) is 5.10 Å². The molecule has 0 saturated heterocycles. The molecule has 0 bridgehead atoms. The second kappa shape index (κ2) is 7.83. The van der Waals surface area contributed by atoms with E-state index in [1.165, 1.54) is 19.8 Å². The van der Waals surface area contributed by atoms with Crippen LogP contribution in [0, 0.1) is 0 Å². The number of carbonyl (C=O) groups is 1. The summed E-state index contributed by atoms with van der Waals surface area (Å²) in [4.78, 5) is 12.2. The molecule has 0 spiro atoms. The number of methoxy groups -OCH3 is 2. The van der Waals surface area contributed by atoms with Gasteiger partial charge in [0.1, 0.15) is 11.5 Å². The van der Waals surface area contributed by atoms with E-state index < -0.39 is 0 Å². The number of rotatable bonds is 5. The van der Waals surface area contributed by atoms with Gasteiger partial charge < -0.3 is 9.47 Å². The molecule has 5 heteroatoms. The highest BCUT2D eigenvalue weighted by atomic mass is 16.5. The number of ether oxygens (including phenoxy) is 2. The molecule has 0 aliphatic rings. The molecule has 0 saturated carbocycles. The maximum atomic E-state index is 12.2. The number of carbonyl (C=O) groups excluding carboxylic acids is 1. The monoisotopic (exact) mass is 340 g/mol. The largest absolute Gasteiger partial charge is 0.497 e. The summed E-state index contributed by atoms with van der Waals surface area (Å²) in [6.07, 6.45) is 1.61. The van der Waals surface area contributed by atoms with Crippen LogP contribution in [0.15, 0.2) is 47.6 Å². The fraction of sp³-hybridized carbons (Fsp3) is 0.300. The number of hydrogen-bond acceptors (Lipinski definition) is 4. The summed E-state index contributed by atoms with van der Waals surface area (Å²) in [5.74, 6) is 0.761. The summed E-state index contributed by atoms with van der Waals surface area (Å²) < 4.78 is 10.3. The average molecular weight is 340 g/mol. The second-order valence-corrected chi connectivity index (χ2v) is 6.67. The highest BCUT2D eigenvalue weighted by Gasteiger charge is 2.12. The maximum Gasteiger partial charge on any atom is 0.271 e. The van der Waals surface area contributed by atoms with Gasteiger partial charge in [0.05, 0.1) is 20.4 Å². The van der Waals surface area contributed by atoms with Gasteiger partial charge in [0.2, 0.25) is 0 Å². The van der Waals surface area contributed by atoms with Gasteiger partial charge >= 0.3 is 0 Å². The lowest BCUT2D eigenvalue weighted by Crippen LogP contribution is -2.17. The molecule has 2 aromatic rings. The Morgan fingerprint density at radius 2 is 1.56 bits per heavy atom. The molecule has 0 unspecified atom stereocenters. The molecule has 0 aliphatic heterocycles. The van der Waals surface area contributed by atoms with Gasteiger partial charge in [-0.05, 0) is 28.7 Å². The van der Waals surface area contributed by atoms with Crippen LogP contribution in [0.2, 0.25) is 0 Å². The predicted octanol–water partition coefficient (Wildman–Crippen LogP) is 3.77. The van der Waals surface area contributed by atoms with Gasteiger partial charge in [-0.2, -0.15) is 5.10 Å². The van der Waals surface area contributed by atoms with E-state index in [1.54, 1.807) is 24.4 Å². The third-order valence-electron chi connectivity index (χ3n) is 3.77. The molecule has 0 radical (unpaired) electrons. The molecule has 132 valence electrons. The third-order valence-corrected chi connectivity index (χ3v) is 3.77. The maximum absolute atomic E-state index is 12.2. The van der Waals surface area contributed by atoms with E-state index in [1.807, 2.05) is 12.1 Å². The van der Waals surface area contributed by atoms with E-state index in [9.17, 15) is 4.79 Å². The summed E-state index contributed by atoms with van der Waals surface area (Å²) in [5, 5.41) is 4.01. The first kappa shape index (κ1) is 18.5. The van der Waals surface area contributed by atoms with Crippen LogP contribution in [0.25, 0.3) is 0 Å². The quantitative estimate of drug-likeness (QED) is 0.666. The minimum absolute atomic E-state index is 0.106. The minimum Gasteiger partial charge on any atom is -0.497 e. The Morgan fingerprint density at radius 3 is 2.04 bits per heavy atom. The molecule has 1 amide bonds. The van der Waals surface area contributed by atoms with Gasteiger partial charge in [0.15, 0.2) is 0 Å². The first-order valence-corrected chi connectivity index (χ1v) is 8.00. The van der Waals surface area contributed by atoms with Crippen molar-refractivity contribution in [1.29, 1.82) is 0 Å². The number of benzene rings is 2. The second-order valence-electron chi connectivity index (χ2n) is 6.67. The number of hydrogen-bond donors (Lipinski definition) is 1. The molecule has 0 fully saturated rings. The highest BCUT2D eigenvalue weighted by molar-refractivity contribution is 5.95. The van der Waals surface area contributed by atoms with Crippen LogP contribution in [-0.4, -0.2) is 26.3 Å². The van der Waals surface area contributed by atoms with Crippen molar-refractivity contribution in [3.63, 3.8) is 0 Å². The molecule has 5 nitrogen and oxygen atoms in total. The standard InChI is InChI=1S/C20H24N2O3/c1-20(2,3)16-8-6-14(7-9-16)13-21-22-19(23)15-10-17(24-4)12-18(11-15)25-5/h6-13H,1-5H3,(H,22,23)/b21-13+. The highest BCUT2D eigenvalue weighted by Crippen LogP contribution is 2.23. The van der Waals surface area contributed by atoms with Crippen molar-refractivity contribution in [3.8, 4) is 11.5 Å². The minimum atomic E-state index is -0.334. The molecule has 0 aliphatic carbocycles. The van der Waals surface area contributed by atoms with Crippen LogP contribution in [-0.2, 0) is 5.41 Å². The number of nitrogens with one attached hydrogen (secondary N) is 1. The summed E-state index contributed by atoms with van der Waals surface area (Å²) in [6.45, 7) is 6.50. The SMILES string of the molecule is COc1cc(OC)cc(C(=O)N/N=C/c2ccc(C(C)(C)C)cc2)c1. The topological polar surface area (TPSA) is 59.9 Å². The van der Waals surface area contributed by atoms with E-state index >= 15 is 0 Å². The van der Waals surface area contributed by atoms with E-state index in [-0.39, 0.29) is 11.3 Å². The Hall–Kier alpha value is -2.82. The summed E-state index contributed by atoms with van der Waals surface area (Å²) in [6, 6.07) is 13.1. The average Bonchev–Trinajstić information content (AvgIpc) is 2.60. The molecule has 2 aromatic carbocycles. The zero-order chi connectivity index (χ0) is 18.4. The Kier molecular flexibility index (Phi) is 5.80. The van der Waals surface area contributed by atoms with E-state index in [2.05, 4.69) is 43.4 Å². The lowest BCUT2D eigenvalue weighted by molar-refractivity contribution is 0.0954. The van der Waals surface area contributed by atoms with Crippen LogP contribution in [0.5, 0.6) is 11.5 Å². The van der Waals surface area contributed by atoms with Crippen molar-refractivity contribution in [3.05, 3.63) is 59.2 Å². The fourth-order valence-electron chi connectivity index (χ4n) is 2.24. The zero-order valence-corrected chi connectivity index (χ0v) is 15.3. The first-order valence-electron chi connectivity index (χ1n) is 8.00. The molecule has 2 rings (SSSR count). The Balaban J connectivity index is 2.05. The van der Waals surface area contributed by atoms with Gasteiger partial charge in [-0.25, -0.2) is 5.43 Å². The summed E-state index contributed by atoms with van der Waals surface area (Å²) >= 11 is 0. The molecule has 25 heavy (non-hydrogen) atoms. The van der Waals surface area contributed by atoms with E-state index in [0.717, 1.165) is 5.56 Å². The number of nitrogens with zero attached hydrogens (tertiary/aromatic N) is 1. The van der Waals surface area contributed by atoms with Crippen molar-refractivity contribution in [2.45, 2.75) is 26.2 Å². The smallest absolute Gasteiger partial charge is 0.271 e. The Labute approximate surface area is 148 Å². The van der Waals surface area contributed by atoms with Crippen molar-refractivity contribution in [2.75, 3.05) is 14.2 Å². The lowest BCUT2D eigenvalue weighted by Gasteiger charge is -2.18. The molecular formula is C20H24N2O3. The number of amides is 1. The molecular weight excluding hydrogens is 316 g/mol. The lowest BCUT2D eigenvalue weighted by atomic mass is 9.87. The van der Waals surface area contributed by atoms with Gasteiger partial charge in [0, 0.05) is 11.6 Å². The van der Waals surface area contributed by atoms with Crippen LogP contribution in [0.1, 0.15) is 42.3 Å². The van der Waals surface area contributed by atoms with Crippen LogP contribution in [0.3, 0.4) is 0 Å². The zero-order valence-electron chi connectivity index (χ0n) is 15.3. The van der Waals surface area contributed by atoms with Gasteiger partial charge in [-0.15, -0.1) is 0 Å². The molecule has 0 aromatic heterocycles. The van der Waals surface area contributed by atoms with Crippen molar-refractivity contribution >= 4 is 12.1 Å². The van der Waals surface area contributed by atoms with Crippen LogP contribution < -0.4 is 14.9 Å². The first-order chi connectivity index (χ1) is 11.8. The van der Waals surface area contributed by atoms with Crippen LogP contribution in [0.4, 0.5) is 0 Å². The van der Waals surface area contributed by atoms with E-state index in [4.69, 9.17) is 9.47 Å². The molecule has 0 atom stereocenters. The van der Waals surface area contributed by atoms with Gasteiger partial charge in [-0.3, -0.25) is 4.79 Å². The Morgan fingerprint density at radius 1 is 1.00 bits per heavy atom. The predicted molar refractivity (Wildman–Crippen MR) is 99.7 cm³/mol. The van der Waals surface area contributed by atoms with E-state index in [0.29, 0.717) is 17.1 Å². The molecule has 0 heterocycles. The van der Waals surface area contributed by atoms with Gasteiger partial charge in [0.25, 0.3) is 5.91 Å². The summed E-state index contributed by atoms with van der Waals surface area (Å²) in [7, 11) is 3.08. The normalized spacial score (nSPS) is 11.4. The van der Waals surface area contributed by atoms with Crippen molar-refractivity contribution < 1.29 is 14.3 Å². The number of hydrazone groups is 1. The van der Waals surface area contributed by atoms with Crippen LogP contribution >= 0.6 is 0 Å².